The van der Waals surface area contributed by atoms with Crippen molar-refractivity contribution in [3.63, 3.8) is 0 Å². The number of hydrogen-bond acceptors (Lipinski definition) is 2. The Morgan fingerprint density at radius 2 is 1.60 bits per heavy atom. The third kappa shape index (κ3) is 2.89. The van der Waals surface area contributed by atoms with Crippen molar-refractivity contribution in [3.8, 4) is 17.2 Å². The molecule has 100 valence electrons. The smallest absolute Gasteiger partial charge is 0.0720 e. The van der Waals surface area contributed by atoms with E-state index in [4.69, 9.17) is 10.00 Å². The number of benzene rings is 2. The highest BCUT2D eigenvalue weighted by Crippen LogP contribution is 2.30. The van der Waals surface area contributed by atoms with E-state index in [2.05, 4.69) is 54.6 Å². The lowest BCUT2D eigenvalue weighted by atomic mass is 9.83. The SMILES string of the molecule is N#CC1CC(OCc2ccc(-c3ccccc3)cc2)C1. The lowest BCUT2D eigenvalue weighted by Gasteiger charge is -2.30. The highest BCUT2D eigenvalue weighted by atomic mass is 16.5. The van der Waals surface area contributed by atoms with E-state index in [0.29, 0.717) is 6.61 Å². The van der Waals surface area contributed by atoms with Gasteiger partial charge in [0.1, 0.15) is 0 Å². The van der Waals surface area contributed by atoms with E-state index < -0.39 is 0 Å². The van der Waals surface area contributed by atoms with Crippen molar-refractivity contribution in [2.45, 2.75) is 25.6 Å². The molecule has 2 aromatic rings. The summed E-state index contributed by atoms with van der Waals surface area (Å²) >= 11 is 0. The molecule has 0 spiro atoms. The largest absolute Gasteiger partial charge is 0.373 e. The Labute approximate surface area is 119 Å². The molecular formula is C18H17NO. The van der Waals surface area contributed by atoms with Gasteiger partial charge < -0.3 is 4.74 Å². The maximum atomic E-state index is 8.72. The number of nitriles is 1. The molecule has 2 nitrogen and oxygen atoms in total. The van der Waals surface area contributed by atoms with Gasteiger partial charge in [-0.2, -0.15) is 5.26 Å². The molecule has 2 heteroatoms. The molecule has 20 heavy (non-hydrogen) atoms. The topological polar surface area (TPSA) is 33.0 Å². The molecule has 1 aliphatic carbocycles. The van der Waals surface area contributed by atoms with Crippen LogP contribution in [0.2, 0.25) is 0 Å². The van der Waals surface area contributed by atoms with E-state index in [-0.39, 0.29) is 12.0 Å². The fraction of sp³-hybridized carbons (Fsp3) is 0.278. The molecule has 2 aromatic carbocycles. The first-order valence-corrected chi connectivity index (χ1v) is 7.01. The van der Waals surface area contributed by atoms with Gasteiger partial charge in [0.2, 0.25) is 0 Å². The Kier molecular flexibility index (Phi) is 3.80. The zero-order valence-electron chi connectivity index (χ0n) is 11.3. The quantitative estimate of drug-likeness (QED) is 0.829. The number of ether oxygens (including phenoxy) is 1. The monoisotopic (exact) mass is 263 g/mol. The molecule has 0 saturated heterocycles. The fourth-order valence-corrected chi connectivity index (χ4v) is 2.45. The van der Waals surface area contributed by atoms with Crippen molar-refractivity contribution >= 4 is 0 Å². The predicted molar refractivity (Wildman–Crippen MR) is 78.8 cm³/mol. The van der Waals surface area contributed by atoms with Crippen molar-refractivity contribution in [1.29, 1.82) is 5.26 Å². The summed E-state index contributed by atoms with van der Waals surface area (Å²) in [5.41, 5.74) is 3.64. The minimum absolute atomic E-state index is 0.209. The molecule has 0 aliphatic heterocycles. The molecule has 0 unspecified atom stereocenters. The second kappa shape index (κ2) is 5.90. The summed E-state index contributed by atoms with van der Waals surface area (Å²) in [5, 5.41) is 8.72. The third-order valence-corrected chi connectivity index (χ3v) is 3.82. The zero-order chi connectivity index (χ0) is 13.8. The van der Waals surface area contributed by atoms with Crippen LogP contribution in [0.3, 0.4) is 0 Å². The van der Waals surface area contributed by atoms with Gasteiger partial charge in [-0.3, -0.25) is 0 Å². The van der Waals surface area contributed by atoms with Gasteiger partial charge in [0.05, 0.1) is 24.7 Å². The van der Waals surface area contributed by atoms with Gasteiger partial charge >= 0.3 is 0 Å². The van der Waals surface area contributed by atoms with E-state index in [1.807, 2.05) is 6.07 Å². The predicted octanol–water partition coefficient (Wildman–Crippen LogP) is 4.17. The van der Waals surface area contributed by atoms with Crippen LogP contribution in [-0.2, 0) is 11.3 Å². The molecule has 0 bridgehead atoms. The molecule has 1 fully saturated rings. The van der Waals surface area contributed by atoms with Crippen molar-refractivity contribution in [3.05, 3.63) is 60.2 Å². The summed E-state index contributed by atoms with van der Waals surface area (Å²) in [6, 6.07) is 21.1. The normalized spacial score (nSPS) is 20.9. The van der Waals surface area contributed by atoms with Gasteiger partial charge in [0.25, 0.3) is 0 Å². The van der Waals surface area contributed by atoms with Crippen LogP contribution in [0.5, 0.6) is 0 Å². The van der Waals surface area contributed by atoms with Crippen LogP contribution in [0.1, 0.15) is 18.4 Å². The highest BCUT2D eigenvalue weighted by molar-refractivity contribution is 5.63. The van der Waals surface area contributed by atoms with Gasteiger partial charge in [-0.15, -0.1) is 0 Å². The lowest BCUT2D eigenvalue weighted by molar-refractivity contribution is -0.0265. The molecule has 0 aromatic heterocycles. The standard InChI is InChI=1S/C18H17NO/c19-12-15-10-18(11-15)20-13-14-6-8-17(9-7-14)16-4-2-1-3-5-16/h1-9,15,18H,10-11,13H2. The summed E-state index contributed by atoms with van der Waals surface area (Å²) in [6.45, 7) is 0.637. The van der Waals surface area contributed by atoms with Gasteiger partial charge in [0, 0.05) is 0 Å². The third-order valence-electron chi connectivity index (χ3n) is 3.82. The van der Waals surface area contributed by atoms with E-state index in [0.717, 1.165) is 12.8 Å². The van der Waals surface area contributed by atoms with E-state index >= 15 is 0 Å². The molecule has 1 saturated carbocycles. The van der Waals surface area contributed by atoms with Crippen LogP contribution in [0.25, 0.3) is 11.1 Å². The first-order valence-electron chi connectivity index (χ1n) is 7.01. The Hall–Kier alpha value is -2.11. The Balaban J connectivity index is 1.56. The van der Waals surface area contributed by atoms with Crippen molar-refractivity contribution < 1.29 is 4.74 Å². The van der Waals surface area contributed by atoms with Gasteiger partial charge in [0.15, 0.2) is 0 Å². The molecule has 3 rings (SSSR count). The van der Waals surface area contributed by atoms with Crippen molar-refractivity contribution in [2.24, 2.45) is 5.92 Å². The summed E-state index contributed by atoms with van der Waals surface area (Å²) < 4.78 is 5.79. The van der Waals surface area contributed by atoms with Crippen molar-refractivity contribution in [1.82, 2.24) is 0 Å². The molecule has 0 N–H and O–H groups in total. The molecule has 0 atom stereocenters. The molecule has 0 heterocycles. The van der Waals surface area contributed by atoms with Gasteiger partial charge in [-0.25, -0.2) is 0 Å². The average molecular weight is 263 g/mol. The van der Waals surface area contributed by atoms with Crippen molar-refractivity contribution in [2.75, 3.05) is 0 Å². The maximum Gasteiger partial charge on any atom is 0.0720 e. The van der Waals surface area contributed by atoms with E-state index in [9.17, 15) is 0 Å². The van der Waals surface area contributed by atoms with E-state index in [1.165, 1.54) is 16.7 Å². The second-order valence-corrected chi connectivity index (χ2v) is 5.29. The Bertz CT molecular complexity index is 592. The summed E-state index contributed by atoms with van der Waals surface area (Å²) in [5.74, 6) is 0.209. The average Bonchev–Trinajstić information content (AvgIpc) is 2.47. The van der Waals surface area contributed by atoms with Crippen LogP contribution in [0.15, 0.2) is 54.6 Å². The molecule has 0 amide bonds. The van der Waals surface area contributed by atoms with Crippen LogP contribution in [-0.4, -0.2) is 6.10 Å². The number of rotatable bonds is 4. The lowest BCUT2D eigenvalue weighted by Crippen LogP contribution is -2.30. The summed E-state index contributed by atoms with van der Waals surface area (Å²) in [4.78, 5) is 0. The van der Waals surface area contributed by atoms with E-state index in [1.54, 1.807) is 0 Å². The Morgan fingerprint density at radius 1 is 0.950 bits per heavy atom. The van der Waals surface area contributed by atoms with Gasteiger partial charge in [-0.05, 0) is 29.5 Å². The minimum atomic E-state index is 0.209. The second-order valence-electron chi connectivity index (χ2n) is 5.29. The highest BCUT2D eigenvalue weighted by Gasteiger charge is 2.29. The van der Waals surface area contributed by atoms with Gasteiger partial charge in [-0.1, -0.05) is 54.6 Å². The maximum absolute atomic E-state index is 8.72. The fourth-order valence-electron chi connectivity index (χ4n) is 2.45. The molecule has 1 aliphatic rings. The van der Waals surface area contributed by atoms with Crippen LogP contribution in [0, 0.1) is 17.2 Å². The number of hydrogen-bond donors (Lipinski definition) is 0. The van der Waals surface area contributed by atoms with Crippen LogP contribution < -0.4 is 0 Å². The number of nitrogens with zero attached hydrogens (tertiary/aromatic N) is 1. The first kappa shape index (κ1) is 12.9. The summed E-state index contributed by atoms with van der Waals surface area (Å²) in [6.07, 6.45) is 2.05. The Morgan fingerprint density at radius 3 is 2.25 bits per heavy atom. The minimum Gasteiger partial charge on any atom is -0.373 e. The van der Waals surface area contributed by atoms with Crippen LogP contribution in [0.4, 0.5) is 0 Å². The molecule has 0 radical (unpaired) electrons. The van der Waals surface area contributed by atoms with Crippen LogP contribution >= 0.6 is 0 Å². The first-order chi connectivity index (χ1) is 9.85. The molecular weight excluding hydrogens is 246 g/mol. The zero-order valence-corrected chi connectivity index (χ0v) is 11.3. The summed E-state index contributed by atoms with van der Waals surface area (Å²) in [7, 11) is 0.